The molecule has 0 aliphatic carbocycles. The minimum atomic E-state index is -0.204. The predicted octanol–water partition coefficient (Wildman–Crippen LogP) is 3.32. The predicted molar refractivity (Wildman–Crippen MR) is 52.7 cm³/mol. The third kappa shape index (κ3) is 1.84. The van der Waals surface area contributed by atoms with Crippen molar-refractivity contribution in [3.63, 3.8) is 0 Å². The highest BCUT2D eigenvalue weighted by molar-refractivity contribution is 5.25. The van der Waals surface area contributed by atoms with Crippen LogP contribution in [-0.2, 0) is 6.42 Å². The molecule has 0 atom stereocenters. The minimum Gasteiger partial charge on any atom is -0.469 e. The Morgan fingerprint density at radius 1 is 1.14 bits per heavy atom. The first-order valence-electron chi connectivity index (χ1n) is 4.53. The molecule has 14 heavy (non-hydrogen) atoms. The fourth-order valence-corrected chi connectivity index (χ4v) is 1.37. The van der Waals surface area contributed by atoms with Gasteiger partial charge in [-0.1, -0.05) is 12.1 Å². The van der Waals surface area contributed by atoms with E-state index in [1.54, 1.807) is 18.4 Å². The maximum Gasteiger partial charge on any atom is 0.123 e. The average molecular weight is 190 g/mol. The van der Waals surface area contributed by atoms with Gasteiger partial charge in [0.1, 0.15) is 11.6 Å². The van der Waals surface area contributed by atoms with E-state index in [0.29, 0.717) is 0 Å². The van der Waals surface area contributed by atoms with Gasteiger partial charge in [0.05, 0.1) is 6.26 Å². The van der Waals surface area contributed by atoms with E-state index in [9.17, 15) is 4.39 Å². The van der Waals surface area contributed by atoms with Crippen LogP contribution in [0.2, 0.25) is 0 Å². The normalized spacial score (nSPS) is 10.4. The van der Waals surface area contributed by atoms with Crippen molar-refractivity contribution >= 4 is 0 Å². The molecular formula is C12H11FO. The largest absolute Gasteiger partial charge is 0.469 e. The van der Waals surface area contributed by atoms with Crippen LogP contribution in [0.15, 0.2) is 41.0 Å². The van der Waals surface area contributed by atoms with Gasteiger partial charge < -0.3 is 4.42 Å². The highest BCUT2D eigenvalue weighted by Gasteiger charge is 2.02. The van der Waals surface area contributed by atoms with Crippen LogP contribution in [0.1, 0.15) is 16.9 Å². The summed E-state index contributed by atoms with van der Waals surface area (Å²) >= 11 is 0. The third-order valence-corrected chi connectivity index (χ3v) is 2.25. The summed E-state index contributed by atoms with van der Waals surface area (Å²) in [6, 6.07) is 8.41. The molecule has 72 valence electrons. The van der Waals surface area contributed by atoms with Gasteiger partial charge in [-0.2, -0.15) is 0 Å². The van der Waals surface area contributed by atoms with Gasteiger partial charge >= 0.3 is 0 Å². The van der Waals surface area contributed by atoms with Crippen molar-refractivity contribution in [3.8, 4) is 0 Å². The van der Waals surface area contributed by atoms with Gasteiger partial charge in [0, 0.05) is 6.42 Å². The minimum absolute atomic E-state index is 0.204. The molecule has 1 aromatic carbocycles. The second kappa shape index (κ2) is 3.66. The molecule has 0 saturated carbocycles. The van der Waals surface area contributed by atoms with Gasteiger partial charge in [-0.05, 0) is 36.2 Å². The second-order valence-corrected chi connectivity index (χ2v) is 3.33. The van der Waals surface area contributed by atoms with Gasteiger partial charge in [-0.15, -0.1) is 0 Å². The van der Waals surface area contributed by atoms with Crippen LogP contribution in [0.3, 0.4) is 0 Å². The molecule has 0 aliphatic rings. The number of aryl methyl sites for hydroxylation is 1. The van der Waals surface area contributed by atoms with Crippen LogP contribution < -0.4 is 0 Å². The van der Waals surface area contributed by atoms with Crippen molar-refractivity contribution in [2.45, 2.75) is 13.3 Å². The summed E-state index contributed by atoms with van der Waals surface area (Å²) in [5, 5.41) is 0. The highest BCUT2D eigenvalue weighted by atomic mass is 19.1. The SMILES string of the molecule is Cc1ccoc1Cc1ccc(F)cc1. The number of hydrogen-bond acceptors (Lipinski definition) is 1. The number of hydrogen-bond donors (Lipinski definition) is 0. The van der Waals surface area contributed by atoms with Crippen LogP contribution >= 0.6 is 0 Å². The Morgan fingerprint density at radius 2 is 1.86 bits per heavy atom. The first-order chi connectivity index (χ1) is 6.75. The van der Waals surface area contributed by atoms with E-state index >= 15 is 0 Å². The van der Waals surface area contributed by atoms with Gasteiger partial charge in [0.2, 0.25) is 0 Å². The fraction of sp³-hybridized carbons (Fsp3) is 0.167. The lowest BCUT2D eigenvalue weighted by atomic mass is 10.1. The summed E-state index contributed by atoms with van der Waals surface area (Å²) in [4.78, 5) is 0. The zero-order chi connectivity index (χ0) is 9.97. The van der Waals surface area contributed by atoms with E-state index < -0.39 is 0 Å². The number of halogens is 1. The Kier molecular flexibility index (Phi) is 2.35. The molecular weight excluding hydrogens is 179 g/mol. The van der Waals surface area contributed by atoms with E-state index in [1.807, 2.05) is 13.0 Å². The molecule has 2 heteroatoms. The molecule has 0 N–H and O–H groups in total. The lowest BCUT2D eigenvalue weighted by Gasteiger charge is -1.99. The van der Waals surface area contributed by atoms with Gasteiger partial charge in [-0.25, -0.2) is 4.39 Å². The second-order valence-electron chi connectivity index (χ2n) is 3.33. The molecule has 2 rings (SSSR count). The van der Waals surface area contributed by atoms with Crippen LogP contribution in [0.5, 0.6) is 0 Å². The fourth-order valence-electron chi connectivity index (χ4n) is 1.37. The van der Waals surface area contributed by atoms with Crippen LogP contribution in [-0.4, -0.2) is 0 Å². The molecule has 0 radical (unpaired) electrons. The molecule has 1 nitrogen and oxygen atoms in total. The highest BCUT2D eigenvalue weighted by Crippen LogP contribution is 2.14. The number of benzene rings is 1. The van der Waals surface area contributed by atoms with Crippen LogP contribution in [0, 0.1) is 12.7 Å². The summed E-state index contributed by atoms with van der Waals surface area (Å²) in [7, 11) is 0. The van der Waals surface area contributed by atoms with Crippen molar-refractivity contribution in [3.05, 3.63) is 59.3 Å². The molecule has 0 amide bonds. The summed E-state index contributed by atoms with van der Waals surface area (Å²) < 4.78 is 17.9. The summed E-state index contributed by atoms with van der Waals surface area (Å²) in [6.07, 6.45) is 2.40. The standard InChI is InChI=1S/C12H11FO/c1-9-6-7-14-12(9)8-10-2-4-11(13)5-3-10/h2-7H,8H2,1H3. The van der Waals surface area contributed by atoms with E-state index in [-0.39, 0.29) is 5.82 Å². The number of furan rings is 1. The van der Waals surface area contributed by atoms with E-state index in [2.05, 4.69) is 0 Å². The van der Waals surface area contributed by atoms with Crippen molar-refractivity contribution < 1.29 is 8.81 Å². The van der Waals surface area contributed by atoms with E-state index in [0.717, 1.165) is 23.3 Å². The maximum absolute atomic E-state index is 12.6. The molecule has 0 spiro atoms. The average Bonchev–Trinajstić information content (AvgIpc) is 2.56. The lowest BCUT2D eigenvalue weighted by Crippen LogP contribution is -1.88. The topological polar surface area (TPSA) is 13.1 Å². The maximum atomic E-state index is 12.6. The number of rotatable bonds is 2. The van der Waals surface area contributed by atoms with Crippen molar-refractivity contribution in [1.82, 2.24) is 0 Å². The molecule has 0 fully saturated rings. The quantitative estimate of drug-likeness (QED) is 0.708. The lowest BCUT2D eigenvalue weighted by molar-refractivity contribution is 0.518. The Bertz CT molecular complexity index is 414. The Hall–Kier alpha value is -1.57. The van der Waals surface area contributed by atoms with Crippen LogP contribution in [0.25, 0.3) is 0 Å². The zero-order valence-electron chi connectivity index (χ0n) is 7.96. The van der Waals surface area contributed by atoms with Gasteiger partial charge in [0.15, 0.2) is 0 Å². The van der Waals surface area contributed by atoms with Gasteiger partial charge in [-0.3, -0.25) is 0 Å². The molecule has 0 aliphatic heterocycles. The molecule has 0 unspecified atom stereocenters. The first-order valence-corrected chi connectivity index (χ1v) is 4.53. The third-order valence-electron chi connectivity index (χ3n) is 2.25. The Balaban J connectivity index is 2.19. The van der Waals surface area contributed by atoms with Crippen molar-refractivity contribution in [1.29, 1.82) is 0 Å². The van der Waals surface area contributed by atoms with Gasteiger partial charge in [0.25, 0.3) is 0 Å². The molecule has 2 aromatic rings. The Morgan fingerprint density at radius 3 is 2.43 bits per heavy atom. The first kappa shape index (κ1) is 9.00. The molecule has 1 aromatic heterocycles. The monoisotopic (exact) mass is 190 g/mol. The van der Waals surface area contributed by atoms with Crippen molar-refractivity contribution in [2.75, 3.05) is 0 Å². The molecule has 0 bridgehead atoms. The van der Waals surface area contributed by atoms with Crippen LogP contribution in [0.4, 0.5) is 4.39 Å². The van der Waals surface area contributed by atoms with Crippen molar-refractivity contribution in [2.24, 2.45) is 0 Å². The molecule has 0 saturated heterocycles. The summed E-state index contributed by atoms with van der Waals surface area (Å²) in [5.41, 5.74) is 2.19. The van der Waals surface area contributed by atoms with E-state index in [4.69, 9.17) is 4.42 Å². The van der Waals surface area contributed by atoms with E-state index in [1.165, 1.54) is 12.1 Å². The Labute approximate surface area is 82.2 Å². The summed E-state index contributed by atoms with van der Waals surface area (Å²) in [5.74, 6) is 0.738. The molecule has 1 heterocycles. The smallest absolute Gasteiger partial charge is 0.123 e. The zero-order valence-corrected chi connectivity index (χ0v) is 7.96. The summed E-state index contributed by atoms with van der Waals surface area (Å²) in [6.45, 7) is 2.00.